The topological polar surface area (TPSA) is 15.3 Å². The third-order valence-electron chi connectivity index (χ3n) is 3.95. The lowest BCUT2D eigenvalue weighted by Crippen LogP contribution is -2.37. The maximum absolute atomic E-state index is 12.4. The highest BCUT2D eigenvalue weighted by Gasteiger charge is 2.46. The minimum Gasteiger partial charge on any atom is -0.384 e. The van der Waals surface area contributed by atoms with Crippen molar-refractivity contribution in [1.29, 1.82) is 0 Å². The van der Waals surface area contributed by atoms with Gasteiger partial charge < -0.3 is 5.32 Å². The smallest absolute Gasteiger partial charge is 0.384 e. The van der Waals surface area contributed by atoms with Gasteiger partial charge in [0.1, 0.15) is 0 Å². The van der Waals surface area contributed by atoms with E-state index in [-0.39, 0.29) is 5.41 Å². The monoisotopic (exact) mass is 256 g/mol. The lowest BCUT2D eigenvalue weighted by atomic mass is 9.82. The molecule has 1 spiro atoms. The third-order valence-corrected chi connectivity index (χ3v) is 3.95. The first-order chi connectivity index (χ1) is 8.49. The van der Waals surface area contributed by atoms with E-state index in [1.807, 2.05) is 24.3 Å². The molecule has 2 heterocycles. The van der Waals surface area contributed by atoms with E-state index in [9.17, 15) is 13.2 Å². The fourth-order valence-electron chi connectivity index (χ4n) is 3.17. The minimum absolute atomic E-state index is 0.123. The number of nitrogens with zero attached hydrogens (tertiary/aromatic N) is 1. The van der Waals surface area contributed by atoms with Gasteiger partial charge in [-0.15, -0.1) is 0 Å². The van der Waals surface area contributed by atoms with Crippen molar-refractivity contribution in [3.8, 4) is 0 Å². The number of halogens is 3. The molecule has 0 aliphatic carbocycles. The van der Waals surface area contributed by atoms with Gasteiger partial charge in [0, 0.05) is 24.2 Å². The zero-order valence-electron chi connectivity index (χ0n) is 9.93. The summed E-state index contributed by atoms with van der Waals surface area (Å²) in [5.41, 5.74) is 2.13. The molecule has 3 rings (SSSR count). The van der Waals surface area contributed by atoms with Crippen LogP contribution in [0.4, 0.5) is 18.9 Å². The summed E-state index contributed by atoms with van der Waals surface area (Å²) in [6, 6.07) is 7.94. The van der Waals surface area contributed by atoms with E-state index in [2.05, 4.69) is 5.32 Å². The molecule has 1 aromatic rings. The van der Waals surface area contributed by atoms with E-state index in [0.717, 1.165) is 18.7 Å². The molecule has 1 N–H and O–H groups in total. The van der Waals surface area contributed by atoms with E-state index in [4.69, 9.17) is 0 Å². The van der Waals surface area contributed by atoms with Crippen LogP contribution in [0.2, 0.25) is 0 Å². The number of para-hydroxylation sites is 1. The van der Waals surface area contributed by atoms with Gasteiger partial charge in [-0.25, -0.2) is 0 Å². The Morgan fingerprint density at radius 2 is 2.06 bits per heavy atom. The summed E-state index contributed by atoms with van der Waals surface area (Å²) in [6.45, 7) is 0.976. The van der Waals surface area contributed by atoms with Gasteiger partial charge in [0.2, 0.25) is 0 Å². The molecule has 2 aliphatic heterocycles. The maximum Gasteiger partial charge on any atom is 0.401 e. The molecular weight excluding hydrogens is 241 g/mol. The number of rotatable bonds is 1. The molecule has 0 unspecified atom stereocenters. The van der Waals surface area contributed by atoms with Crippen LogP contribution in [-0.4, -0.2) is 37.3 Å². The van der Waals surface area contributed by atoms with E-state index >= 15 is 0 Å². The number of alkyl halides is 3. The molecule has 1 saturated heterocycles. The Labute approximate surface area is 104 Å². The van der Waals surface area contributed by atoms with E-state index < -0.39 is 12.7 Å². The number of fused-ring (bicyclic) bond motifs is 2. The molecule has 0 amide bonds. The van der Waals surface area contributed by atoms with E-state index in [1.54, 1.807) is 0 Å². The van der Waals surface area contributed by atoms with Gasteiger partial charge in [-0.2, -0.15) is 13.2 Å². The van der Waals surface area contributed by atoms with Crippen molar-refractivity contribution in [1.82, 2.24) is 4.90 Å². The lowest BCUT2D eigenvalue weighted by Gasteiger charge is -2.24. The highest BCUT2D eigenvalue weighted by atomic mass is 19.4. The summed E-state index contributed by atoms with van der Waals surface area (Å²) in [4.78, 5) is 1.52. The second-order valence-corrected chi connectivity index (χ2v) is 5.26. The molecule has 1 aromatic carbocycles. The second kappa shape index (κ2) is 3.88. The van der Waals surface area contributed by atoms with Crippen LogP contribution in [0.3, 0.4) is 0 Å². The van der Waals surface area contributed by atoms with Crippen LogP contribution >= 0.6 is 0 Å². The quantitative estimate of drug-likeness (QED) is 0.831. The molecule has 0 saturated carbocycles. The van der Waals surface area contributed by atoms with Crippen molar-refractivity contribution in [3.63, 3.8) is 0 Å². The van der Waals surface area contributed by atoms with Crippen molar-refractivity contribution in [3.05, 3.63) is 29.8 Å². The first-order valence-corrected chi connectivity index (χ1v) is 6.11. The molecular formula is C13H15F3N2. The molecule has 0 radical (unpaired) electrons. The van der Waals surface area contributed by atoms with Crippen molar-refractivity contribution in [2.75, 3.05) is 31.5 Å². The number of anilines is 1. The first-order valence-electron chi connectivity index (χ1n) is 6.11. The highest BCUT2D eigenvalue weighted by Crippen LogP contribution is 2.43. The summed E-state index contributed by atoms with van der Waals surface area (Å²) >= 11 is 0. The molecule has 0 bridgehead atoms. The average molecular weight is 256 g/mol. The Kier molecular flexibility index (Phi) is 2.55. The standard InChI is InChI=1S/C13H15F3N2/c14-13(15,16)9-18-6-5-12(8-18)7-17-11-4-2-1-3-10(11)12/h1-4,17H,5-9H2/t12-/m1/s1. The summed E-state index contributed by atoms with van der Waals surface area (Å²) in [6.07, 6.45) is -3.30. The highest BCUT2D eigenvalue weighted by molar-refractivity contribution is 5.60. The Balaban J connectivity index is 1.80. The third kappa shape index (κ3) is 1.96. The number of nitrogens with one attached hydrogen (secondary N) is 1. The predicted octanol–water partition coefficient (Wildman–Crippen LogP) is 2.62. The van der Waals surface area contributed by atoms with Gasteiger partial charge in [-0.05, 0) is 24.6 Å². The lowest BCUT2D eigenvalue weighted by molar-refractivity contribution is -0.143. The van der Waals surface area contributed by atoms with Gasteiger partial charge >= 0.3 is 6.18 Å². The summed E-state index contributed by atoms with van der Waals surface area (Å²) in [7, 11) is 0. The van der Waals surface area contributed by atoms with Crippen LogP contribution in [0.1, 0.15) is 12.0 Å². The van der Waals surface area contributed by atoms with E-state index in [1.165, 1.54) is 10.5 Å². The van der Waals surface area contributed by atoms with Crippen LogP contribution in [0.15, 0.2) is 24.3 Å². The van der Waals surface area contributed by atoms with Gasteiger partial charge in [-0.1, -0.05) is 18.2 Å². The number of benzene rings is 1. The molecule has 1 fully saturated rings. The summed E-state index contributed by atoms with van der Waals surface area (Å²) < 4.78 is 37.3. The predicted molar refractivity (Wildman–Crippen MR) is 63.7 cm³/mol. The summed E-state index contributed by atoms with van der Waals surface area (Å²) in [5, 5.41) is 3.31. The Bertz CT molecular complexity index is 458. The van der Waals surface area contributed by atoms with Gasteiger partial charge in [0.05, 0.1) is 6.54 Å². The molecule has 18 heavy (non-hydrogen) atoms. The Hall–Kier alpha value is -1.23. The fraction of sp³-hybridized carbons (Fsp3) is 0.538. The SMILES string of the molecule is FC(F)(F)CN1CC[C@@]2(CNc3ccccc32)C1. The Morgan fingerprint density at radius 1 is 1.28 bits per heavy atom. The number of likely N-dealkylation sites (tertiary alicyclic amines) is 1. The second-order valence-electron chi connectivity index (χ2n) is 5.26. The van der Waals surface area contributed by atoms with Crippen molar-refractivity contribution in [2.24, 2.45) is 0 Å². The zero-order valence-corrected chi connectivity index (χ0v) is 9.93. The Morgan fingerprint density at radius 3 is 2.83 bits per heavy atom. The number of hydrogen-bond donors (Lipinski definition) is 1. The molecule has 2 aliphatic rings. The van der Waals surface area contributed by atoms with Crippen molar-refractivity contribution in [2.45, 2.75) is 18.0 Å². The van der Waals surface area contributed by atoms with E-state index in [0.29, 0.717) is 13.1 Å². The maximum atomic E-state index is 12.4. The van der Waals surface area contributed by atoms with Gasteiger partial charge in [0.15, 0.2) is 0 Å². The molecule has 0 aromatic heterocycles. The molecule has 2 nitrogen and oxygen atoms in total. The molecule has 98 valence electrons. The van der Waals surface area contributed by atoms with Gasteiger partial charge in [-0.3, -0.25) is 4.90 Å². The zero-order chi connectivity index (χ0) is 12.8. The van der Waals surface area contributed by atoms with Crippen LogP contribution < -0.4 is 5.32 Å². The van der Waals surface area contributed by atoms with Crippen LogP contribution in [0, 0.1) is 0 Å². The fourth-order valence-corrected chi connectivity index (χ4v) is 3.17. The van der Waals surface area contributed by atoms with Crippen molar-refractivity contribution >= 4 is 5.69 Å². The minimum atomic E-state index is -4.10. The normalized spacial score (nSPS) is 27.5. The van der Waals surface area contributed by atoms with Gasteiger partial charge in [0.25, 0.3) is 0 Å². The van der Waals surface area contributed by atoms with Crippen molar-refractivity contribution < 1.29 is 13.2 Å². The molecule has 5 heteroatoms. The summed E-state index contributed by atoms with van der Waals surface area (Å²) in [5.74, 6) is 0. The van der Waals surface area contributed by atoms with Crippen LogP contribution in [0.25, 0.3) is 0 Å². The average Bonchev–Trinajstić information content (AvgIpc) is 2.84. The first kappa shape index (κ1) is 11.8. The number of hydrogen-bond acceptors (Lipinski definition) is 2. The van der Waals surface area contributed by atoms with Crippen LogP contribution in [0.5, 0.6) is 0 Å². The largest absolute Gasteiger partial charge is 0.401 e. The molecule has 1 atom stereocenters. The van der Waals surface area contributed by atoms with Crippen LogP contribution in [-0.2, 0) is 5.41 Å².